The molecular weight excluding hydrogens is 356 g/mol. The molecule has 1 rings (SSSR count). The second-order valence-corrected chi connectivity index (χ2v) is 7.61. The van der Waals surface area contributed by atoms with Crippen LogP contribution in [0.3, 0.4) is 0 Å². The normalized spacial score (nSPS) is 12.7. The molecule has 1 atom stereocenters. The standard InChI is InChI=1S/C17H28N4O4S/c1-5-18-17(23)20-16(22)12-19-13(4)14-8-10-15(11-9-14)26(24,25)21(6-2)7-3/h8-11,13,19H,5-7,12H2,1-4H3,(H2,18,20,22,23)/t13-/m1/s1. The minimum absolute atomic E-state index is 0.0300. The number of amides is 3. The molecule has 1 aromatic rings. The van der Waals surface area contributed by atoms with Gasteiger partial charge in [-0.25, -0.2) is 13.2 Å². The number of hydrogen-bond acceptors (Lipinski definition) is 5. The van der Waals surface area contributed by atoms with Crippen molar-refractivity contribution in [1.29, 1.82) is 0 Å². The first-order valence-electron chi connectivity index (χ1n) is 8.67. The largest absolute Gasteiger partial charge is 0.338 e. The highest BCUT2D eigenvalue weighted by Gasteiger charge is 2.21. The fourth-order valence-corrected chi connectivity index (χ4v) is 3.84. The van der Waals surface area contributed by atoms with Crippen LogP contribution in [0.25, 0.3) is 0 Å². The number of benzene rings is 1. The van der Waals surface area contributed by atoms with Crippen LogP contribution in [0.1, 0.15) is 39.3 Å². The van der Waals surface area contributed by atoms with Crippen LogP contribution in [0.5, 0.6) is 0 Å². The van der Waals surface area contributed by atoms with Crippen molar-refractivity contribution in [2.24, 2.45) is 0 Å². The Morgan fingerprint density at radius 2 is 1.65 bits per heavy atom. The third kappa shape index (κ3) is 6.08. The van der Waals surface area contributed by atoms with E-state index >= 15 is 0 Å². The molecule has 0 radical (unpaired) electrons. The van der Waals surface area contributed by atoms with Gasteiger partial charge >= 0.3 is 6.03 Å². The molecule has 0 aromatic heterocycles. The number of carbonyl (C=O) groups excluding carboxylic acids is 2. The summed E-state index contributed by atoms with van der Waals surface area (Å²) in [5.41, 5.74) is 0.842. The van der Waals surface area contributed by atoms with Crippen molar-refractivity contribution in [3.05, 3.63) is 29.8 Å². The monoisotopic (exact) mass is 384 g/mol. The van der Waals surface area contributed by atoms with Crippen LogP contribution < -0.4 is 16.0 Å². The molecule has 146 valence electrons. The molecule has 0 aliphatic rings. The van der Waals surface area contributed by atoms with E-state index in [4.69, 9.17) is 0 Å². The smallest absolute Gasteiger partial charge is 0.321 e. The first-order chi connectivity index (χ1) is 12.3. The van der Waals surface area contributed by atoms with E-state index in [9.17, 15) is 18.0 Å². The number of carbonyl (C=O) groups is 2. The molecule has 0 saturated carbocycles. The van der Waals surface area contributed by atoms with Crippen molar-refractivity contribution in [2.75, 3.05) is 26.2 Å². The lowest BCUT2D eigenvalue weighted by Gasteiger charge is -2.19. The third-order valence-electron chi connectivity index (χ3n) is 3.88. The maximum atomic E-state index is 12.5. The van der Waals surface area contributed by atoms with Crippen molar-refractivity contribution in [1.82, 2.24) is 20.3 Å². The Balaban J connectivity index is 2.68. The van der Waals surface area contributed by atoms with Crippen LogP contribution in [0.15, 0.2) is 29.2 Å². The molecule has 1 aromatic carbocycles. The fourth-order valence-electron chi connectivity index (χ4n) is 2.38. The average molecular weight is 385 g/mol. The molecular formula is C17H28N4O4S. The zero-order valence-corrected chi connectivity index (χ0v) is 16.5. The molecule has 0 aliphatic heterocycles. The minimum atomic E-state index is -3.48. The van der Waals surface area contributed by atoms with Gasteiger partial charge < -0.3 is 10.6 Å². The van der Waals surface area contributed by atoms with Gasteiger partial charge in [0, 0.05) is 25.7 Å². The summed E-state index contributed by atoms with van der Waals surface area (Å²) in [5, 5.41) is 7.68. The maximum Gasteiger partial charge on any atom is 0.321 e. The lowest BCUT2D eigenvalue weighted by Crippen LogP contribution is -2.43. The zero-order valence-electron chi connectivity index (χ0n) is 15.7. The van der Waals surface area contributed by atoms with E-state index in [1.807, 2.05) is 6.92 Å². The summed E-state index contributed by atoms with van der Waals surface area (Å²) in [6.45, 7) is 8.45. The van der Waals surface area contributed by atoms with Crippen LogP contribution in [0.4, 0.5) is 4.79 Å². The Bertz CT molecular complexity index is 700. The van der Waals surface area contributed by atoms with Gasteiger partial charge in [-0.3, -0.25) is 10.1 Å². The van der Waals surface area contributed by atoms with E-state index in [-0.39, 0.29) is 17.5 Å². The van der Waals surface area contributed by atoms with Gasteiger partial charge in [0.15, 0.2) is 0 Å². The molecule has 8 nitrogen and oxygen atoms in total. The molecule has 9 heteroatoms. The molecule has 3 N–H and O–H groups in total. The van der Waals surface area contributed by atoms with Gasteiger partial charge in [-0.1, -0.05) is 26.0 Å². The van der Waals surface area contributed by atoms with E-state index in [1.54, 1.807) is 45.0 Å². The van der Waals surface area contributed by atoms with Gasteiger partial charge in [0.1, 0.15) is 0 Å². The molecule has 26 heavy (non-hydrogen) atoms. The van der Waals surface area contributed by atoms with Crippen LogP contribution in [-0.2, 0) is 14.8 Å². The maximum absolute atomic E-state index is 12.5. The number of imide groups is 1. The van der Waals surface area contributed by atoms with E-state index in [1.165, 1.54) is 4.31 Å². The third-order valence-corrected chi connectivity index (χ3v) is 5.95. The molecule has 0 saturated heterocycles. The first kappa shape index (κ1) is 22.1. The number of rotatable bonds is 9. The Kier molecular flexibility index (Phi) is 8.70. The summed E-state index contributed by atoms with van der Waals surface area (Å²) in [6.07, 6.45) is 0. The van der Waals surface area contributed by atoms with Crippen LogP contribution in [0.2, 0.25) is 0 Å². The molecule has 0 aliphatic carbocycles. The van der Waals surface area contributed by atoms with Crippen LogP contribution in [0, 0.1) is 0 Å². The highest BCUT2D eigenvalue weighted by Crippen LogP contribution is 2.19. The zero-order chi connectivity index (χ0) is 19.7. The number of nitrogens with zero attached hydrogens (tertiary/aromatic N) is 1. The van der Waals surface area contributed by atoms with Gasteiger partial charge in [0.05, 0.1) is 11.4 Å². The number of nitrogens with one attached hydrogen (secondary N) is 3. The summed E-state index contributed by atoms with van der Waals surface area (Å²) in [6, 6.07) is 5.86. The SMILES string of the molecule is CCNC(=O)NC(=O)CN[C@H](C)c1ccc(S(=O)(=O)N(CC)CC)cc1. The van der Waals surface area contributed by atoms with Gasteiger partial charge in [0.2, 0.25) is 15.9 Å². The minimum Gasteiger partial charge on any atom is -0.338 e. The van der Waals surface area contributed by atoms with Crippen molar-refractivity contribution in [2.45, 2.75) is 38.6 Å². The van der Waals surface area contributed by atoms with Gasteiger partial charge in [-0.2, -0.15) is 4.31 Å². The second-order valence-electron chi connectivity index (χ2n) is 5.67. The van der Waals surface area contributed by atoms with E-state index in [0.29, 0.717) is 19.6 Å². The topological polar surface area (TPSA) is 108 Å². The van der Waals surface area contributed by atoms with Gasteiger partial charge in [0.25, 0.3) is 0 Å². The molecule has 3 amide bonds. The first-order valence-corrected chi connectivity index (χ1v) is 10.1. The summed E-state index contributed by atoms with van der Waals surface area (Å²) in [5.74, 6) is -0.441. The predicted molar refractivity (Wildman–Crippen MR) is 100 cm³/mol. The molecule has 0 fully saturated rings. The fraction of sp³-hybridized carbons (Fsp3) is 0.529. The lowest BCUT2D eigenvalue weighted by molar-refractivity contribution is -0.119. The summed E-state index contributed by atoms with van der Waals surface area (Å²) >= 11 is 0. The Hall–Kier alpha value is -1.97. The summed E-state index contributed by atoms with van der Waals surface area (Å²) < 4.78 is 26.3. The summed E-state index contributed by atoms with van der Waals surface area (Å²) in [4.78, 5) is 23.2. The van der Waals surface area contributed by atoms with Gasteiger partial charge in [-0.05, 0) is 31.5 Å². The lowest BCUT2D eigenvalue weighted by atomic mass is 10.1. The van der Waals surface area contributed by atoms with Crippen molar-refractivity contribution in [3.8, 4) is 0 Å². The number of sulfonamides is 1. The molecule has 0 bridgehead atoms. The van der Waals surface area contributed by atoms with Gasteiger partial charge in [-0.15, -0.1) is 0 Å². The average Bonchev–Trinajstić information content (AvgIpc) is 2.60. The molecule has 0 spiro atoms. The van der Waals surface area contributed by atoms with Crippen molar-refractivity contribution >= 4 is 22.0 Å². The molecule has 0 heterocycles. The van der Waals surface area contributed by atoms with Crippen LogP contribution >= 0.6 is 0 Å². The second kappa shape index (κ2) is 10.2. The number of urea groups is 1. The summed E-state index contributed by atoms with van der Waals surface area (Å²) in [7, 11) is -3.48. The number of hydrogen-bond donors (Lipinski definition) is 3. The quantitative estimate of drug-likeness (QED) is 0.593. The van der Waals surface area contributed by atoms with Crippen molar-refractivity contribution in [3.63, 3.8) is 0 Å². The van der Waals surface area contributed by atoms with E-state index in [0.717, 1.165) is 5.56 Å². The van der Waals surface area contributed by atoms with E-state index < -0.39 is 22.0 Å². The Morgan fingerprint density at radius 3 is 2.15 bits per heavy atom. The highest BCUT2D eigenvalue weighted by atomic mass is 32.2. The molecule has 0 unspecified atom stereocenters. The Morgan fingerprint density at radius 1 is 1.08 bits per heavy atom. The predicted octanol–water partition coefficient (Wildman–Crippen LogP) is 1.21. The van der Waals surface area contributed by atoms with Crippen LogP contribution in [-0.4, -0.2) is 50.8 Å². The Labute approximate surface area is 155 Å². The van der Waals surface area contributed by atoms with Crippen molar-refractivity contribution < 1.29 is 18.0 Å². The highest BCUT2D eigenvalue weighted by molar-refractivity contribution is 7.89. The van der Waals surface area contributed by atoms with E-state index in [2.05, 4.69) is 16.0 Å².